The Morgan fingerprint density at radius 1 is 1.12 bits per heavy atom. The van der Waals surface area contributed by atoms with Gasteiger partial charge in [-0.3, -0.25) is 0 Å². The summed E-state index contributed by atoms with van der Waals surface area (Å²) >= 11 is 13.6. The van der Waals surface area contributed by atoms with E-state index < -0.39 is 9.84 Å². The molecular formula is C25H27Cl2NO3S2. The van der Waals surface area contributed by atoms with Crippen molar-refractivity contribution in [1.82, 2.24) is 0 Å². The number of fused-ring (bicyclic) bond motifs is 1. The van der Waals surface area contributed by atoms with E-state index in [2.05, 4.69) is 12.1 Å². The normalized spacial score (nSPS) is 18.2. The van der Waals surface area contributed by atoms with E-state index in [0.717, 1.165) is 36.1 Å². The van der Waals surface area contributed by atoms with E-state index in [0.29, 0.717) is 27.3 Å². The number of thiophene rings is 1. The van der Waals surface area contributed by atoms with Crippen LogP contribution in [0.1, 0.15) is 41.0 Å². The Morgan fingerprint density at radius 2 is 1.94 bits per heavy atom. The second-order valence-electron chi connectivity index (χ2n) is 8.59. The molecule has 2 aromatic carbocycles. The molecule has 1 aliphatic carbocycles. The molecule has 0 spiro atoms. The first-order valence-electron chi connectivity index (χ1n) is 11.0. The minimum Gasteiger partial charge on any atom is -0.494 e. The van der Waals surface area contributed by atoms with E-state index in [1.807, 2.05) is 36.6 Å². The molecule has 4 nitrogen and oxygen atoms in total. The third-order valence-electron chi connectivity index (χ3n) is 6.06. The lowest BCUT2D eigenvalue weighted by atomic mass is 9.76. The molecule has 0 fully saturated rings. The average molecular weight is 525 g/mol. The van der Waals surface area contributed by atoms with Gasteiger partial charge in [-0.1, -0.05) is 35.3 Å². The highest BCUT2D eigenvalue weighted by molar-refractivity contribution is 7.93. The Balaban J connectivity index is 1.42. The summed E-state index contributed by atoms with van der Waals surface area (Å²) < 4.78 is 31.3. The second kappa shape index (κ2) is 10.4. The third kappa shape index (κ3) is 5.92. The fraction of sp³-hybridized carbons (Fsp3) is 0.360. The van der Waals surface area contributed by atoms with Crippen molar-refractivity contribution >= 4 is 44.4 Å². The summed E-state index contributed by atoms with van der Waals surface area (Å²) in [6, 6.07) is 13.6. The molecule has 8 heteroatoms. The zero-order chi connectivity index (χ0) is 23.6. The minimum atomic E-state index is -3.26. The number of nitrogens with two attached hydrogens (primary N) is 1. The van der Waals surface area contributed by atoms with Crippen LogP contribution in [-0.4, -0.2) is 26.8 Å². The van der Waals surface area contributed by atoms with Gasteiger partial charge in [0.1, 0.15) is 9.96 Å². The van der Waals surface area contributed by atoms with Gasteiger partial charge in [-0.05, 0) is 90.6 Å². The highest BCUT2D eigenvalue weighted by atomic mass is 35.5. The molecule has 0 saturated heterocycles. The van der Waals surface area contributed by atoms with Crippen LogP contribution in [0.15, 0.2) is 52.1 Å². The fourth-order valence-electron chi connectivity index (χ4n) is 4.28. The Bertz CT molecular complexity index is 1240. The average Bonchev–Trinajstić information content (AvgIpc) is 3.23. The number of halogens is 2. The smallest absolute Gasteiger partial charge is 0.187 e. The summed E-state index contributed by atoms with van der Waals surface area (Å²) in [5.74, 6) is 0.964. The zero-order valence-corrected chi connectivity index (χ0v) is 21.5. The van der Waals surface area contributed by atoms with Gasteiger partial charge in [-0.15, -0.1) is 11.3 Å². The number of ether oxygens (including phenoxy) is 1. The highest BCUT2D eigenvalue weighted by Gasteiger charge is 2.28. The van der Waals surface area contributed by atoms with Gasteiger partial charge >= 0.3 is 0 Å². The van der Waals surface area contributed by atoms with E-state index in [1.54, 1.807) is 6.07 Å². The van der Waals surface area contributed by atoms with Crippen molar-refractivity contribution in [2.75, 3.05) is 12.4 Å². The van der Waals surface area contributed by atoms with Crippen LogP contribution in [0.5, 0.6) is 5.75 Å². The molecule has 1 aromatic heterocycles. The molecule has 176 valence electrons. The van der Waals surface area contributed by atoms with Crippen molar-refractivity contribution in [3.63, 3.8) is 0 Å². The standard InChI is InChI=1S/C25H27Cl2NO3S2/c1-16-11-25(32-15-16)33(29,30)10-2-9-31-19-6-4-18-5-8-24(28)21(20(18)14-19)12-17-3-7-22(26)23(27)13-17/h3-4,6-7,11,13-15,21,24H,2,5,8-10,12,28H2,1H3. The number of hydrogen-bond acceptors (Lipinski definition) is 5. The molecule has 2 atom stereocenters. The van der Waals surface area contributed by atoms with E-state index >= 15 is 0 Å². The number of hydrogen-bond donors (Lipinski definition) is 1. The molecule has 0 radical (unpaired) electrons. The van der Waals surface area contributed by atoms with Crippen LogP contribution in [0.2, 0.25) is 10.0 Å². The molecule has 4 rings (SSSR count). The molecule has 0 saturated carbocycles. The number of aryl methyl sites for hydroxylation is 2. The fourth-order valence-corrected chi connectivity index (χ4v) is 7.27. The maximum Gasteiger partial charge on any atom is 0.187 e. The van der Waals surface area contributed by atoms with Crippen molar-refractivity contribution < 1.29 is 13.2 Å². The summed E-state index contributed by atoms with van der Waals surface area (Å²) in [7, 11) is -3.26. The minimum absolute atomic E-state index is 0.0431. The van der Waals surface area contributed by atoms with Crippen LogP contribution < -0.4 is 10.5 Å². The predicted octanol–water partition coefficient (Wildman–Crippen LogP) is 6.21. The SMILES string of the molecule is Cc1csc(S(=O)(=O)CCCOc2ccc3c(c2)C(Cc2ccc(Cl)c(Cl)c2)C(N)CC3)c1. The van der Waals surface area contributed by atoms with Crippen molar-refractivity contribution in [2.45, 2.75) is 48.8 Å². The van der Waals surface area contributed by atoms with E-state index in [4.69, 9.17) is 33.7 Å². The molecule has 2 unspecified atom stereocenters. The lowest BCUT2D eigenvalue weighted by Crippen LogP contribution is -2.34. The van der Waals surface area contributed by atoms with Crippen molar-refractivity contribution in [2.24, 2.45) is 5.73 Å². The molecule has 1 heterocycles. The zero-order valence-electron chi connectivity index (χ0n) is 18.4. The van der Waals surface area contributed by atoms with E-state index in [1.165, 1.54) is 22.5 Å². The Labute approximate surface area is 209 Å². The Hall–Kier alpha value is -1.57. The summed E-state index contributed by atoms with van der Waals surface area (Å²) in [6.07, 6.45) is 3.07. The molecule has 1 aliphatic rings. The molecular weight excluding hydrogens is 497 g/mol. The highest BCUT2D eigenvalue weighted by Crippen LogP contribution is 2.36. The van der Waals surface area contributed by atoms with Crippen molar-refractivity contribution in [1.29, 1.82) is 0 Å². The number of sulfone groups is 1. The second-order valence-corrected chi connectivity index (χ2v) is 12.6. The van der Waals surface area contributed by atoms with Gasteiger partial charge in [0.25, 0.3) is 0 Å². The Kier molecular flexibility index (Phi) is 7.71. The lowest BCUT2D eigenvalue weighted by molar-refractivity contribution is 0.316. The summed E-state index contributed by atoms with van der Waals surface area (Å²) in [6.45, 7) is 2.24. The van der Waals surface area contributed by atoms with Crippen LogP contribution >= 0.6 is 34.5 Å². The monoisotopic (exact) mass is 523 g/mol. The van der Waals surface area contributed by atoms with Crippen LogP contribution in [0.3, 0.4) is 0 Å². The molecule has 3 aromatic rings. The molecule has 2 N–H and O–H groups in total. The van der Waals surface area contributed by atoms with Gasteiger partial charge in [-0.2, -0.15) is 0 Å². The predicted molar refractivity (Wildman–Crippen MR) is 137 cm³/mol. The third-order valence-corrected chi connectivity index (χ3v) is 10.2. The van der Waals surface area contributed by atoms with E-state index in [9.17, 15) is 8.42 Å². The number of benzene rings is 2. The summed E-state index contributed by atoms with van der Waals surface area (Å²) in [4.78, 5) is 0. The van der Waals surface area contributed by atoms with Crippen LogP contribution in [0.4, 0.5) is 0 Å². The quantitative estimate of drug-likeness (QED) is 0.356. The van der Waals surface area contributed by atoms with Crippen molar-refractivity contribution in [3.05, 3.63) is 80.1 Å². The first-order valence-corrected chi connectivity index (χ1v) is 14.2. The maximum atomic E-state index is 12.5. The summed E-state index contributed by atoms with van der Waals surface area (Å²) in [5, 5.41) is 2.94. The van der Waals surface area contributed by atoms with Crippen LogP contribution in [-0.2, 0) is 22.7 Å². The van der Waals surface area contributed by atoms with Gasteiger partial charge in [-0.25, -0.2) is 8.42 Å². The summed E-state index contributed by atoms with van der Waals surface area (Å²) in [5.41, 5.74) is 11.1. The molecule has 0 amide bonds. The van der Waals surface area contributed by atoms with Crippen LogP contribution in [0, 0.1) is 6.92 Å². The van der Waals surface area contributed by atoms with Crippen molar-refractivity contribution in [3.8, 4) is 5.75 Å². The van der Waals surface area contributed by atoms with E-state index in [-0.39, 0.29) is 17.7 Å². The molecule has 0 aliphatic heterocycles. The first kappa shape index (κ1) is 24.6. The molecule has 0 bridgehead atoms. The first-order chi connectivity index (χ1) is 15.7. The van der Waals surface area contributed by atoms with Gasteiger partial charge in [0.2, 0.25) is 0 Å². The Morgan fingerprint density at radius 3 is 2.67 bits per heavy atom. The molecule has 33 heavy (non-hydrogen) atoms. The van der Waals surface area contributed by atoms with Gasteiger partial charge in [0, 0.05) is 12.0 Å². The topological polar surface area (TPSA) is 69.4 Å². The van der Waals surface area contributed by atoms with Crippen LogP contribution in [0.25, 0.3) is 0 Å². The van der Waals surface area contributed by atoms with Gasteiger partial charge < -0.3 is 10.5 Å². The largest absolute Gasteiger partial charge is 0.494 e. The van der Waals surface area contributed by atoms with Gasteiger partial charge in [0.15, 0.2) is 9.84 Å². The lowest BCUT2D eigenvalue weighted by Gasteiger charge is -2.32. The number of rotatable bonds is 8. The maximum absolute atomic E-state index is 12.5. The van der Waals surface area contributed by atoms with Gasteiger partial charge in [0.05, 0.1) is 22.4 Å².